The van der Waals surface area contributed by atoms with Gasteiger partial charge in [-0.15, -0.1) is 0 Å². The molecule has 0 atom stereocenters. The summed E-state index contributed by atoms with van der Waals surface area (Å²) >= 11 is 0. The Labute approximate surface area is 234 Å². The molecular formula is C29H26F3N3O5S. The van der Waals surface area contributed by atoms with Gasteiger partial charge in [0.2, 0.25) is 0 Å². The van der Waals surface area contributed by atoms with Crippen LogP contribution in [0.5, 0.6) is 5.75 Å². The Morgan fingerprint density at radius 2 is 1.76 bits per heavy atom. The Hall–Kier alpha value is -4.34. The van der Waals surface area contributed by atoms with Crippen LogP contribution in [0, 0.1) is 18.3 Å². The topological polar surface area (TPSA) is 113 Å². The average Bonchev–Trinajstić information content (AvgIpc) is 3.28. The number of aliphatic carboxylic acids is 1. The number of benzene rings is 3. The predicted octanol–water partition coefficient (Wildman–Crippen LogP) is 5.68. The van der Waals surface area contributed by atoms with E-state index in [1.165, 1.54) is 36.5 Å². The first-order valence-corrected chi connectivity index (χ1v) is 13.8. The maximum absolute atomic E-state index is 13.8. The largest absolute Gasteiger partial charge is 0.482 e. The number of nitriles is 1. The number of fused-ring (bicyclic) bond motifs is 1. The first-order chi connectivity index (χ1) is 19.3. The quantitative estimate of drug-likeness (QED) is 0.255. The molecular weight excluding hydrogens is 559 g/mol. The van der Waals surface area contributed by atoms with Gasteiger partial charge in [0, 0.05) is 31.1 Å². The second-order valence-corrected chi connectivity index (χ2v) is 11.3. The molecule has 0 bridgehead atoms. The minimum Gasteiger partial charge on any atom is -0.482 e. The minimum atomic E-state index is -4.46. The maximum atomic E-state index is 13.8. The SMILES string of the molecule is Cc1cc(S(=O)(=O)n2cc(CN(C)CCC#N)c3cc(-c4ccc(C(F)(F)F)cc4)ccc32)ccc1OCC(=O)O. The molecule has 3 aromatic carbocycles. The normalized spacial score (nSPS) is 12.0. The number of carboxylic acid groups (broad SMARTS) is 1. The molecule has 0 radical (unpaired) electrons. The molecule has 0 aliphatic heterocycles. The fourth-order valence-electron chi connectivity index (χ4n) is 4.43. The van der Waals surface area contributed by atoms with Crippen LogP contribution in [0.4, 0.5) is 13.2 Å². The lowest BCUT2D eigenvalue weighted by atomic mass is 10.0. The van der Waals surface area contributed by atoms with Gasteiger partial charge >= 0.3 is 12.1 Å². The van der Waals surface area contributed by atoms with Gasteiger partial charge in [-0.2, -0.15) is 18.4 Å². The van der Waals surface area contributed by atoms with Crippen LogP contribution in [-0.2, 0) is 27.5 Å². The summed E-state index contributed by atoms with van der Waals surface area (Å²) < 4.78 is 73.1. The zero-order chi connectivity index (χ0) is 29.9. The van der Waals surface area contributed by atoms with Gasteiger partial charge in [0.05, 0.1) is 22.0 Å². The Balaban J connectivity index is 1.79. The summed E-state index contributed by atoms with van der Waals surface area (Å²) in [6, 6.07) is 15.9. The monoisotopic (exact) mass is 585 g/mol. The summed E-state index contributed by atoms with van der Waals surface area (Å²) in [7, 11) is -2.32. The highest BCUT2D eigenvalue weighted by atomic mass is 32.2. The zero-order valence-corrected chi connectivity index (χ0v) is 23.0. The number of hydrogen-bond donors (Lipinski definition) is 1. The van der Waals surface area contributed by atoms with Crippen LogP contribution in [0.15, 0.2) is 71.8 Å². The number of aromatic nitrogens is 1. The number of hydrogen-bond acceptors (Lipinski definition) is 6. The van der Waals surface area contributed by atoms with Gasteiger partial charge in [-0.3, -0.25) is 0 Å². The van der Waals surface area contributed by atoms with E-state index in [1.54, 1.807) is 32.2 Å². The van der Waals surface area contributed by atoms with Gasteiger partial charge in [0.25, 0.3) is 10.0 Å². The van der Waals surface area contributed by atoms with E-state index in [0.29, 0.717) is 46.2 Å². The zero-order valence-electron chi connectivity index (χ0n) is 22.1. The summed E-state index contributed by atoms with van der Waals surface area (Å²) in [5.41, 5.74) is 1.83. The second kappa shape index (κ2) is 11.6. The molecule has 1 aromatic heterocycles. The minimum absolute atomic E-state index is 0.0363. The van der Waals surface area contributed by atoms with Gasteiger partial charge < -0.3 is 14.7 Å². The highest BCUT2D eigenvalue weighted by Crippen LogP contribution is 2.34. The van der Waals surface area contributed by atoms with Crippen LogP contribution in [0.25, 0.3) is 22.0 Å². The number of aryl methyl sites for hydroxylation is 1. The van der Waals surface area contributed by atoms with Crippen molar-refractivity contribution in [2.24, 2.45) is 0 Å². The highest BCUT2D eigenvalue weighted by molar-refractivity contribution is 7.90. The smallest absolute Gasteiger partial charge is 0.416 e. The first kappa shape index (κ1) is 29.6. The predicted molar refractivity (Wildman–Crippen MR) is 146 cm³/mol. The lowest BCUT2D eigenvalue weighted by Gasteiger charge is -2.14. The second-order valence-electron chi connectivity index (χ2n) is 9.52. The Morgan fingerprint density at radius 1 is 1.07 bits per heavy atom. The summed E-state index contributed by atoms with van der Waals surface area (Å²) in [4.78, 5) is 12.7. The van der Waals surface area contributed by atoms with Crippen molar-refractivity contribution in [2.75, 3.05) is 20.2 Å². The number of rotatable bonds is 10. The van der Waals surface area contributed by atoms with Crippen molar-refractivity contribution in [2.45, 2.75) is 31.0 Å². The maximum Gasteiger partial charge on any atom is 0.416 e. The fraction of sp³-hybridized carbons (Fsp3) is 0.241. The molecule has 0 aliphatic carbocycles. The van der Waals surface area contributed by atoms with Crippen LogP contribution in [-0.4, -0.2) is 48.6 Å². The van der Waals surface area contributed by atoms with E-state index >= 15 is 0 Å². The number of ether oxygens (including phenoxy) is 1. The third-order valence-electron chi connectivity index (χ3n) is 6.50. The van der Waals surface area contributed by atoms with Crippen LogP contribution in [0.1, 0.15) is 23.1 Å². The van der Waals surface area contributed by atoms with Crippen LogP contribution in [0.2, 0.25) is 0 Å². The molecule has 1 N–H and O–H groups in total. The van der Waals surface area contributed by atoms with E-state index in [2.05, 4.69) is 6.07 Å². The Bertz CT molecular complexity index is 1740. The van der Waals surface area contributed by atoms with Crippen molar-refractivity contribution in [3.05, 3.63) is 83.6 Å². The molecule has 4 rings (SSSR count). The highest BCUT2D eigenvalue weighted by Gasteiger charge is 2.30. The molecule has 12 heteroatoms. The van der Waals surface area contributed by atoms with Crippen molar-refractivity contribution in [1.29, 1.82) is 5.26 Å². The van der Waals surface area contributed by atoms with E-state index in [1.807, 2.05) is 4.90 Å². The molecule has 0 saturated carbocycles. The number of halogens is 3. The lowest BCUT2D eigenvalue weighted by molar-refractivity contribution is -0.139. The average molecular weight is 586 g/mol. The molecule has 0 aliphatic rings. The number of alkyl halides is 3. The van der Waals surface area contributed by atoms with Gasteiger partial charge in [-0.1, -0.05) is 18.2 Å². The van der Waals surface area contributed by atoms with E-state index in [4.69, 9.17) is 15.1 Å². The molecule has 1 heterocycles. The third kappa shape index (κ3) is 6.53. The molecule has 8 nitrogen and oxygen atoms in total. The number of carboxylic acids is 1. The molecule has 214 valence electrons. The fourth-order valence-corrected chi connectivity index (χ4v) is 5.91. The Morgan fingerprint density at radius 3 is 2.37 bits per heavy atom. The molecule has 0 amide bonds. The van der Waals surface area contributed by atoms with Crippen LogP contribution < -0.4 is 4.74 Å². The van der Waals surface area contributed by atoms with Crippen molar-refractivity contribution in [3.63, 3.8) is 0 Å². The van der Waals surface area contributed by atoms with Crippen LogP contribution >= 0.6 is 0 Å². The van der Waals surface area contributed by atoms with Crippen molar-refractivity contribution >= 4 is 26.9 Å². The summed E-state index contributed by atoms with van der Waals surface area (Å²) in [6.07, 6.45) is -2.68. The van der Waals surface area contributed by atoms with Gasteiger partial charge in [0.15, 0.2) is 6.61 Å². The van der Waals surface area contributed by atoms with Gasteiger partial charge in [-0.05, 0) is 78.7 Å². The van der Waals surface area contributed by atoms with Gasteiger partial charge in [-0.25, -0.2) is 17.2 Å². The summed E-state index contributed by atoms with van der Waals surface area (Å²) in [5.74, 6) is -0.924. The molecule has 0 spiro atoms. The summed E-state index contributed by atoms with van der Waals surface area (Å²) in [6.45, 7) is 1.80. The van der Waals surface area contributed by atoms with Crippen molar-refractivity contribution in [3.8, 4) is 22.9 Å². The molecule has 41 heavy (non-hydrogen) atoms. The molecule has 0 fully saturated rings. The van der Waals surface area contributed by atoms with E-state index in [-0.39, 0.29) is 17.1 Å². The number of carbonyl (C=O) groups is 1. The van der Waals surface area contributed by atoms with E-state index in [0.717, 1.165) is 16.1 Å². The van der Waals surface area contributed by atoms with E-state index in [9.17, 15) is 26.4 Å². The van der Waals surface area contributed by atoms with Crippen molar-refractivity contribution < 1.29 is 36.2 Å². The van der Waals surface area contributed by atoms with Gasteiger partial charge in [0.1, 0.15) is 5.75 Å². The molecule has 4 aromatic rings. The first-order valence-electron chi connectivity index (χ1n) is 12.4. The third-order valence-corrected chi connectivity index (χ3v) is 8.17. The van der Waals surface area contributed by atoms with Crippen molar-refractivity contribution in [1.82, 2.24) is 8.87 Å². The Kier molecular flexibility index (Phi) is 8.42. The standard InChI is InChI=1S/C29H26F3N3O5S/c1-19-14-24(9-11-27(19)40-18-28(36)37)41(38,39)35-17-22(16-34(2)13-3-12-33)25-15-21(6-10-26(25)35)20-4-7-23(8-5-20)29(30,31)32/h4-11,14-15,17H,3,13,16,18H2,1-2H3,(H,36,37). The molecule has 0 saturated heterocycles. The van der Waals surface area contributed by atoms with Crippen LogP contribution in [0.3, 0.4) is 0 Å². The lowest BCUT2D eigenvalue weighted by Crippen LogP contribution is -2.18. The molecule has 0 unspecified atom stereocenters. The summed E-state index contributed by atoms with van der Waals surface area (Å²) in [5, 5.41) is 18.4. The number of nitrogens with zero attached hydrogens (tertiary/aromatic N) is 3. The van der Waals surface area contributed by atoms with E-state index < -0.39 is 34.3 Å².